The molecule has 1 rings (SSSR count). The van der Waals surface area contributed by atoms with Gasteiger partial charge in [-0.3, -0.25) is 4.57 Å². The largest absolute Gasteiger partial charge is 0.494 e. The monoisotopic (exact) mass is 197 g/mol. The Balaban J connectivity index is 3.23. The van der Waals surface area contributed by atoms with Gasteiger partial charge in [-0.15, -0.1) is 0 Å². The number of rotatable bonds is 4. The summed E-state index contributed by atoms with van der Waals surface area (Å²) < 4.78 is 1.59. The number of hydrogen-bond acceptors (Lipinski definition) is 2. The van der Waals surface area contributed by atoms with Crippen LogP contribution in [0, 0.1) is 0 Å². The van der Waals surface area contributed by atoms with E-state index in [9.17, 15) is 10.2 Å². The number of nitrogens with zero attached hydrogens (tertiary/aromatic N) is 1. The summed E-state index contributed by atoms with van der Waals surface area (Å²) in [7, 11) is 0. The van der Waals surface area contributed by atoms with Gasteiger partial charge >= 0.3 is 0 Å². The minimum absolute atomic E-state index is 0.240. The van der Waals surface area contributed by atoms with Crippen molar-refractivity contribution >= 4 is 0 Å². The van der Waals surface area contributed by atoms with Crippen molar-refractivity contribution in [3.63, 3.8) is 0 Å². The zero-order valence-corrected chi connectivity index (χ0v) is 9.17. The van der Waals surface area contributed by atoms with Gasteiger partial charge in [-0.25, -0.2) is 0 Å². The summed E-state index contributed by atoms with van der Waals surface area (Å²) in [6.07, 6.45) is 2.43. The van der Waals surface area contributed by atoms with Crippen molar-refractivity contribution in [2.45, 2.75) is 46.6 Å². The Kier molecular flexibility index (Phi) is 3.44. The lowest BCUT2D eigenvalue weighted by atomic mass is 10.1. The quantitative estimate of drug-likeness (QED) is 0.778. The number of aromatic hydroxyl groups is 2. The average molecular weight is 197 g/mol. The number of aromatic nitrogens is 1. The van der Waals surface area contributed by atoms with Crippen molar-refractivity contribution in [3.8, 4) is 11.8 Å². The Hall–Kier alpha value is -1.12. The van der Waals surface area contributed by atoms with Gasteiger partial charge < -0.3 is 10.2 Å². The molecule has 80 valence electrons. The molecule has 0 amide bonds. The molecule has 0 saturated carbocycles. The Morgan fingerprint density at radius 2 is 1.36 bits per heavy atom. The maximum absolute atomic E-state index is 9.86. The van der Waals surface area contributed by atoms with Crippen molar-refractivity contribution in [2.24, 2.45) is 0 Å². The van der Waals surface area contributed by atoms with Crippen LogP contribution in [-0.2, 0) is 19.4 Å². The third-order valence-corrected chi connectivity index (χ3v) is 2.57. The molecule has 0 radical (unpaired) electrons. The first-order valence-electron chi connectivity index (χ1n) is 5.29. The average Bonchev–Trinajstić information content (AvgIpc) is 2.41. The van der Waals surface area contributed by atoms with Crippen LogP contribution in [0.1, 0.15) is 38.3 Å². The van der Waals surface area contributed by atoms with Gasteiger partial charge in [0.25, 0.3) is 0 Å². The second kappa shape index (κ2) is 4.40. The normalized spacial score (nSPS) is 10.8. The van der Waals surface area contributed by atoms with Gasteiger partial charge in [0.05, 0.1) is 0 Å². The zero-order valence-electron chi connectivity index (χ0n) is 9.17. The van der Waals surface area contributed by atoms with E-state index in [0.29, 0.717) is 6.54 Å². The van der Waals surface area contributed by atoms with Crippen LogP contribution in [0.2, 0.25) is 0 Å². The van der Waals surface area contributed by atoms with Gasteiger partial charge in [-0.05, 0) is 19.3 Å². The Morgan fingerprint density at radius 1 is 0.929 bits per heavy atom. The topological polar surface area (TPSA) is 45.4 Å². The highest BCUT2D eigenvalue weighted by atomic mass is 16.3. The maximum Gasteiger partial charge on any atom is 0.197 e. The molecule has 0 aliphatic heterocycles. The molecule has 0 fully saturated rings. The first kappa shape index (κ1) is 11.0. The zero-order chi connectivity index (χ0) is 10.7. The van der Waals surface area contributed by atoms with E-state index in [4.69, 9.17) is 0 Å². The summed E-state index contributed by atoms with van der Waals surface area (Å²) in [4.78, 5) is 0. The predicted molar refractivity (Wildman–Crippen MR) is 56.8 cm³/mol. The molecule has 0 saturated heterocycles. The van der Waals surface area contributed by atoms with Gasteiger partial charge in [0, 0.05) is 17.7 Å². The van der Waals surface area contributed by atoms with E-state index in [-0.39, 0.29) is 11.8 Å². The van der Waals surface area contributed by atoms with E-state index in [1.165, 1.54) is 0 Å². The highest BCUT2D eigenvalue weighted by Gasteiger charge is 2.18. The van der Waals surface area contributed by atoms with Crippen molar-refractivity contribution in [2.75, 3.05) is 0 Å². The van der Waals surface area contributed by atoms with Gasteiger partial charge in [0.15, 0.2) is 11.8 Å². The van der Waals surface area contributed by atoms with E-state index < -0.39 is 0 Å². The maximum atomic E-state index is 9.86. The van der Waals surface area contributed by atoms with Gasteiger partial charge in [0.2, 0.25) is 0 Å². The van der Waals surface area contributed by atoms with E-state index in [0.717, 1.165) is 30.4 Å². The minimum Gasteiger partial charge on any atom is -0.494 e. The molecule has 0 atom stereocenters. The fourth-order valence-corrected chi connectivity index (χ4v) is 1.87. The molecule has 0 aliphatic rings. The third kappa shape index (κ3) is 1.59. The summed E-state index contributed by atoms with van der Waals surface area (Å²) in [6.45, 7) is 6.68. The van der Waals surface area contributed by atoms with Crippen LogP contribution in [0.5, 0.6) is 11.8 Å². The third-order valence-electron chi connectivity index (χ3n) is 2.57. The second-order valence-electron chi connectivity index (χ2n) is 3.46. The van der Waals surface area contributed by atoms with Crippen molar-refractivity contribution in [3.05, 3.63) is 11.1 Å². The smallest absolute Gasteiger partial charge is 0.197 e. The summed E-state index contributed by atoms with van der Waals surface area (Å²) >= 11 is 0. The van der Waals surface area contributed by atoms with Gasteiger partial charge in [0.1, 0.15) is 0 Å². The first-order chi connectivity index (χ1) is 6.67. The summed E-state index contributed by atoms with van der Waals surface area (Å²) in [5, 5.41) is 19.7. The standard InChI is InChI=1S/C11H19NO2/c1-4-7-12-10(13)8(5-2)9(6-3)11(12)14/h13-14H,4-7H2,1-3H3. The van der Waals surface area contributed by atoms with Crippen LogP contribution in [0.15, 0.2) is 0 Å². The van der Waals surface area contributed by atoms with Gasteiger partial charge in [-0.1, -0.05) is 20.8 Å². The first-order valence-corrected chi connectivity index (χ1v) is 5.29. The highest BCUT2D eigenvalue weighted by Crippen LogP contribution is 2.34. The summed E-state index contributed by atoms with van der Waals surface area (Å²) in [5.74, 6) is 0.479. The van der Waals surface area contributed by atoms with Crippen LogP contribution in [0.4, 0.5) is 0 Å². The minimum atomic E-state index is 0.240. The van der Waals surface area contributed by atoms with Crippen LogP contribution in [-0.4, -0.2) is 14.8 Å². The summed E-state index contributed by atoms with van der Waals surface area (Å²) in [6, 6.07) is 0. The lowest BCUT2D eigenvalue weighted by Gasteiger charge is -2.04. The fourth-order valence-electron chi connectivity index (χ4n) is 1.87. The number of hydrogen-bond donors (Lipinski definition) is 2. The lowest BCUT2D eigenvalue weighted by molar-refractivity contribution is 0.363. The Morgan fingerprint density at radius 3 is 1.64 bits per heavy atom. The van der Waals surface area contributed by atoms with Crippen LogP contribution in [0.25, 0.3) is 0 Å². The van der Waals surface area contributed by atoms with Crippen molar-refractivity contribution in [1.29, 1.82) is 0 Å². The molecule has 0 bridgehead atoms. The van der Waals surface area contributed by atoms with Crippen LogP contribution in [0.3, 0.4) is 0 Å². The highest BCUT2D eigenvalue weighted by molar-refractivity contribution is 5.45. The fraction of sp³-hybridized carbons (Fsp3) is 0.636. The predicted octanol–water partition coefficient (Wildman–Crippen LogP) is 2.43. The molecule has 14 heavy (non-hydrogen) atoms. The van der Waals surface area contributed by atoms with E-state index in [1.807, 2.05) is 20.8 Å². The second-order valence-corrected chi connectivity index (χ2v) is 3.46. The van der Waals surface area contributed by atoms with Crippen molar-refractivity contribution in [1.82, 2.24) is 4.57 Å². The molecular formula is C11H19NO2. The van der Waals surface area contributed by atoms with E-state index in [2.05, 4.69) is 0 Å². The van der Waals surface area contributed by atoms with Crippen LogP contribution >= 0.6 is 0 Å². The molecule has 0 unspecified atom stereocenters. The molecule has 1 aromatic heterocycles. The van der Waals surface area contributed by atoms with E-state index in [1.54, 1.807) is 4.57 Å². The van der Waals surface area contributed by atoms with Crippen LogP contribution < -0.4 is 0 Å². The molecule has 1 aromatic rings. The molecule has 2 N–H and O–H groups in total. The summed E-state index contributed by atoms with van der Waals surface area (Å²) in [5.41, 5.74) is 1.77. The van der Waals surface area contributed by atoms with Gasteiger partial charge in [-0.2, -0.15) is 0 Å². The molecule has 3 heteroatoms. The molecule has 3 nitrogen and oxygen atoms in total. The molecular weight excluding hydrogens is 178 g/mol. The molecule has 1 heterocycles. The molecule has 0 aliphatic carbocycles. The van der Waals surface area contributed by atoms with Crippen molar-refractivity contribution < 1.29 is 10.2 Å². The Bertz CT molecular complexity index is 288. The SMILES string of the molecule is CCCn1c(O)c(CC)c(CC)c1O. The molecule has 0 aromatic carbocycles. The Labute approximate surface area is 85.0 Å². The molecule has 0 spiro atoms. The lowest BCUT2D eigenvalue weighted by Crippen LogP contribution is -1.95. The van der Waals surface area contributed by atoms with E-state index >= 15 is 0 Å².